The van der Waals surface area contributed by atoms with Crippen LogP contribution in [0.4, 0.5) is 0 Å². The highest BCUT2D eigenvalue weighted by Gasteiger charge is 1.66. The highest BCUT2D eigenvalue weighted by atomic mass is 28.3. The second-order valence-electron chi connectivity index (χ2n) is 0.695. The smallest absolute Gasteiger partial charge is 0.282 e. The van der Waals surface area contributed by atoms with Gasteiger partial charge in [0, 0.05) is 0 Å². The molecule has 0 spiro atoms. The molecule has 0 aliphatic heterocycles. The van der Waals surface area contributed by atoms with Crippen LogP contribution >= 0.6 is 0 Å². The van der Waals surface area contributed by atoms with Gasteiger partial charge >= 0.3 is 0 Å². The van der Waals surface area contributed by atoms with Gasteiger partial charge in [0.25, 0.3) is 10.0 Å². The third-order valence-electron chi connectivity index (χ3n) is 0.236. The van der Waals surface area contributed by atoms with Gasteiger partial charge in [-0.2, -0.15) is 0 Å². The van der Waals surface area contributed by atoms with Crippen molar-refractivity contribution in [3.05, 3.63) is 0 Å². The molecule has 0 heterocycles. The normalized spacial score (nSPS) is 8.57. The van der Waals surface area contributed by atoms with E-state index in [1.807, 2.05) is 0 Å². The molecule has 48 valence electrons. The molecule has 0 saturated heterocycles. The van der Waals surface area contributed by atoms with Gasteiger partial charge in [0.1, 0.15) is 21.0 Å². The number of hydrogen-bond donors (Lipinski definition) is 0. The van der Waals surface area contributed by atoms with Crippen molar-refractivity contribution in [2.24, 2.45) is 0 Å². The summed E-state index contributed by atoms with van der Waals surface area (Å²) in [6.45, 7) is 0. The molecule has 0 aromatic heterocycles. The van der Waals surface area contributed by atoms with E-state index in [1.54, 1.807) is 0 Å². The van der Waals surface area contributed by atoms with Crippen molar-refractivity contribution < 1.29 is 8.23 Å². The average molecular weight is 156 g/mol. The fourth-order valence-electron chi connectivity index (χ4n) is 0.118. The third-order valence-corrected chi connectivity index (χ3v) is 2.12. The first-order valence-electron chi connectivity index (χ1n) is 1.39. The molecule has 0 aromatic carbocycles. The van der Waals surface area contributed by atoms with E-state index >= 15 is 0 Å². The van der Waals surface area contributed by atoms with E-state index in [1.165, 1.54) is 0 Å². The van der Waals surface area contributed by atoms with Gasteiger partial charge in [-0.3, -0.25) is 0 Å². The zero-order valence-electron chi connectivity index (χ0n) is 3.52. The molecule has 2 nitrogen and oxygen atoms in total. The lowest BCUT2D eigenvalue weighted by Crippen LogP contribution is -1.96. The first kappa shape index (κ1) is 15.6. The van der Waals surface area contributed by atoms with Crippen LogP contribution in [0.3, 0.4) is 0 Å². The van der Waals surface area contributed by atoms with Gasteiger partial charge in [-0.15, -0.1) is 0 Å². The van der Waals surface area contributed by atoms with Crippen LogP contribution in [0.2, 0.25) is 0 Å². The molecule has 0 amide bonds. The van der Waals surface area contributed by atoms with Crippen molar-refractivity contribution in [3.63, 3.8) is 0 Å². The minimum atomic E-state index is -0.444. The highest BCUT2D eigenvalue weighted by molar-refractivity contribution is 6.33. The molecule has 5 heteroatoms. The lowest BCUT2D eigenvalue weighted by Gasteiger charge is -1.87. The SMILES string of the molecule is C.C.[SiH3]O[SiH2]O[SiH3]. The van der Waals surface area contributed by atoms with Crippen molar-refractivity contribution in [2.45, 2.75) is 14.9 Å². The van der Waals surface area contributed by atoms with Gasteiger partial charge in [0.15, 0.2) is 0 Å². The Labute approximate surface area is 54.8 Å². The largest absolute Gasteiger partial charge is 0.449 e. The van der Waals surface area contributed by atoms with Crippen LogP contribution in [-0.2, 0) is 8.23 Å². The predicted molar refractivity (Wildman–Crippen MR) is 44.1 cm³/mol. The predicted octanol–water partition coefficient (Wildman–Crippen LogP) is -2.15. The van der Waals surface area contributed by atoms with Crippen molar-refractivity contribution in [3.8, 4) is 0 Å². The Kier molecular flexibility index (Phi) is 35.7. The lowest BCUT2D eigenvalue weighted by molar-refractivity contribution is 0.513. The molecule has 0 saturated carbocycles. The van der Waals surface area contributed by atoms with Crippen LogP contribution in [-0.4, -0.2) is 31.0 Å². The second kappa shape index (κ2) is 16.0. The Morgan fingerprint density at radius 1 is 1.00 bits per heavy atom. The summed E-state index contributed by atoms with van der Waals surface area (Å²) in [4.78, 5) is 0. The van der Waals surface area contributed by atoms with E-state index in [9.17, 15) is 0 Å². The van der Waals surface area contributed by atoms with E-state index in [-0.39, 0.29) is 14.9 Å². The first-order chi connectivity index (χ1) is 2.41. The highest BCUT2D eigenvalue weighted by Crippen LogP contribution is 1.52. The van der Waals surface area contributed by atoms with Crippen molar-refractivity contribution in [1.29, 1.82) is 0 Å². The van der Waals surface area contributed by atoms with Gasteiger partial charge < -0.3 is 8.23 Å². The number of hydrogen-bond acceptors (Lipinski definition) is 2. The average Bonchev–Trinajstić information content (AvgIpc) is 1.41. The summed E-state index contributed by atoms with van der Waals surface area (Å²) in [5, 5.41) is 0. The monoisotopic (exact) mass is 156 g/mol. The quantitative estimate of drug-likeness (QED) is 0.425. The Balaban J connectivity index is -0.0000000800. The molecular weight excluding hydrogens is 140 g/mol. The van der Waals surface area contributed by atoms with Gasteiger partial charge in [-0.1, -0.05) is 14.9 Å². The summed E-state index contributed by atoms with van der Waals surface area (Å²) in [7, 11) is 1.27. The molecule has 0 unspecified atom stereocenters. The van der Waals surface area contributed by atoms with Crippen molar-refractivity contribution in [2.75, 3.05) is 0 Å². The Morgan fingerprint density at radius 2 is 1.29 bits per heavy atom. The van der Waals surface area contributed by atoms with Crippen LogP contribution in [0.5, 0.6) is 0 Å². The van der Waals surface area contributed by atoms with Crippen LogP contribution in [0.1, 0.15) is 14.9 Å². The molecule has 0 bridgehead atoms. The Bertz CT molecular complexity index is 18.4. The van der Waals surface area contributed by atoms with E-state index in [4.69, 9.17) is 8.23 Å². The summed E-state index contributed by atoms with van der Waals surface area (Å²) in [5.74, 6) is 0. The maximum atomic E-state index is 4.78. The second-order valence-corrected chi connectivity index (χ2v) is 5.55. The lowest BCUT2D eigenvalue weighted by atomic mass is 12.0. The van der Waals surface area contributed by atoms with E-state index in [2.05, 4.69) is 0 Å². The van der Waals surface area contributed by atoms with Crippen LogP contribution in [0.15, 0.2) is 0 Å². The molecule has 0 atom stereocenters. The molecule has 0 aliphatic carbocycles. The minimum absolute atomic E-state index is 0. The summed E-state index contributed by atoms with van der Waals surface area (Å²) < 4.78 is 9.56. The topological polar surface area (TPSA) is 18.5 Å². The molecular formula is C2H16O2Si3. The molecule has 0 aliphatic rings. The maximum absolute atomic E-state index is 4.78. The summed E-state index contributed by atoms with van der Waals surface area (Å²) in [6.07, 6.45) is 0. The first-order valence-corrected chi connectivity index (χ1v) is 4.18. The van der Waals surface area contributed by atoms with Gasteiger partial charge in [-0.25, -0.2) is 0 Å². The summed E-state index contributed by atoms with van der Waals surface area (Å²) in [6, 6.07) is 0. The van der Waals surface area contributed by atoms with Crippen LogP contribution in [0.25, 0.3) is 0 Å². The Hall–Kier alpha value is 0.571. The standard InChI is InChI=1S/2CH4.H8O2Si3/c;;3-1-5-2-4/h2*1H4;5H2,3-4H3. The molecule has 0 radical (unpaired) electrons. The zero-order chi connectivity index (χ0) is 4.12. The van der Waals surface area contributed by atoms with Crippen LogP contribution < -0.4 is 0 Å². The maximum Gasteiger partial charge on any atom is 0.282 e. The van der Waals surface area contributed by atoms with Gasteiger partial charge in [0.05, 0.1) is 0 Å². The van der Waals surface area contributed by atoms with Crippen molar-refractivity contribution in [1.82, 2.24) is 0 Å². The molecule has 0 N–H and O–H groups in total. The van der Waals surface area contributed by atoms with E-state index in [0.717, 1.165) is 21.0 Å². The molecule has 0 fully saturated rings. The molecule has 0 rings (SSSR count). The third kappa shape index (κ3) is 20.8. The fourth-order valence-corrected chi connectivity index (χ4v) is 3.18. The molecule has 7 heavy (non-hydrogen) atoms. The Morgan fingerprint density at radius 3 is 1.29 bits per heavy atom. The van der Waals surface area contributed by atoms with Gasteiger partial charge in [0.2, 0.25) is 0 Å². The summed E-state index contributed by atoms with van der Waals surface area (Å²) >= 11 is 0. The summed E-state index contributed by atoms with van der Waals surface area (Å²) in [5.41, 5.74) is 0. The zero-order valence-corrected chi connectivity index (χ0v) is 8.94. The van der Waals surface area contributed by atoms with E-state index in [0.29, 0.717) is 0 Å². The van der Waals surface area contributed by atoms with Gasteiger partial charge in [-0.05, 0) is 0 Å². The minimum Gasteiger partial charge on any atom is -0.449 e. The fraction of sp³-hybridized carbons (Fsp3) is 1.00. The van der Waals surface area contributed by atoms with Crippen LogP contribution in [0, 0.1) is 0 Å². The number of rotatable bonds is 2. The van der Waals surface area contributed by atoms with E-state index < -0.39 is 10.0 Å². The van der Waals surface area contributed by atoms with Crippen molar-refractivity contribution >= 4 is 31.0 Å². The molecule has 0 aromatic rings.